The van der Waals surface area contributed by atoms with Gasteiger partial charge in [-0.05, 0) is 19.9 Å². The van der Waals surface area contributed by atoms with Crippen LogP contribution < -0.4 is 0 Å². The fourth-order valence-corrected chi connectivity index (χ4v) is 1.07. The van der Waals surface area contributed by atoms with Gasteiger partial charge in [-0.15, -0.1) is 0 Å². The molecule has 1 rings (SSSR count). The zero-order chi connectivity index (χ0) is 8.81. The van der Waals surface area contributed by atoms with Gasteiger partial charge in [0.1, 0.15) is 6.67 Å². The van der Waals surface area contributed by atoms with Crippen LogP contribution in [0.25, 0.3) is 0 Å². The quantitative estimate of drug-likeness (QED) is 0.631. The van der Waals surface area contributed by atoms with Gasteiger partial charge in [-0.2, -0.15) is 5.06 Å². The monoisotopic (exact) mass is 172 g/mol. The molecule has 0 N–H and O–H groups in total. The molecule has 0 aliphatic carbocycles. The van der Waals surface area contributed by atoms with E-state index in [-0.39, 0.29) is 0 Å². The summed E-state index contributed by atoms with van der Waals surface area (Å²) >= 11 is 0. The summed E-state index contributed by atoms with van der Waals surface area (Å²) in [4.78, 5) is 10.6. The molecule has 1 aliphatic rings. The topological polar surface area (TPSA) is 24.9 Å². The molecule has 1 aliphatic heterocycles. The van der Waals surface area contributed by atoms with Crippen LogP contribution in [0.4, 0.5) is 0 Å². The number of nitrogens with zero attached hydrogens (tertiary/aromatic N) is 2. The van der Waals surface area contributed by atoms with Crippen molar-refractivity contribution in [2.24, 2.45) is 0 Å². The first-order valence-electron chi connectivity index (χ1n) is 4.31. The molecule has 0 aromatic heterocycles. The molecule has 12 heavy (non-hydrogen) atoms. The van der Waals surface area contributed by atoms with Gasteiger partial charge < -0.3 is 0 Å². The van der Waals surface area contributed by atoms with Crippen LogP contribution in [0.15, 0.2) is 12.3 Å². The molecule has 0 atom stereocenters. The Hall–Kier alpha value is -0.580. The maximum Gasteiger partial charge on any atom is 0.121 e. The van der Waals surface area contributed by atoms with Gasteiger partial charge in [-0.3, -0.25) is 9.68 Å². The van der Waals surface area contributed by atoms with Crippen LogP contribution >= 0.6 is 0 Å². The number of hydrogen-bond donors (Lipinski definition) is 0. The summed E-state index contributed by atoms with van der Waals surface area (Å²) in [6, 6.07) is 0. The van der Waals surface area contributed by atoms with Gasteiger partial charge in [0.2, 0.25) is 0 Å². The van der Waals surface area contributed by atoms with Gasteiger partial charge in [0.15, 0.2) is 0 Å². The smallest absolute Gasteiger partial charge is 0.121 e. The number of hydroxylamine groups is 4. The second kappa shape index (κ2) is 5.13. The zero-order valence-electron chi connectivity index (χ0n) is 7.69. The molecule has 70 valence electrons. The summed E-state index contributed by atoms with van der Waals surface area (Å²) in [5.74, 6) is 0. The second-order valence-corrected chi connectivity index (χ2v) is 2.44. The number of hydrogen-bond acceptors (Lipinski definition) is 4. The van der Waals surface area contributed by atoms with Gasteiger partial charge in [-0.25, -0.2) is 5.06 Å². The second-order valence-electron chi connectivity index (χ2n) is 2.44. The highest BCUT2D eigenvalue weighted by Crippen LogP contribution is 2.03. The van der Waals surface area contributed by atoms with Crippen molar-refractivity contribution in [3.8, 4) is 0 Å². The van der Waals surface area contributed by atoms with Crippen LogP contribution in [0.1, 0.15) is 13.8 Å². The molecular weight excluding hydrogens is 156 g/mol. The lowest BCUT2D eigenvalue weighted by Crippen LogP contribution is -2.38. The van der Waals surface area contributed by atoms with E-state index in [0.717, 1.165) is 6.54 Å². The van der Waals surface area contributed by atoms with Gasteiger partial charge in [0, 0.05) is 12.7 Å². The first-order valence-corrected chi connectivity index (χ1v) is 4.31. The van der Waals surface area contributed by atoms with E-state index >= 15 is 0 Å². The standard InChI is InChI=1S/C8H16N2O2/c1-3-11-9-6-5-7-10(8-9)12-4-2/h5-6H,3-4,7-8H2,1-2H3. The van der Waals surface area contributed by atoms with E-state index in [2.05, 4.69) is 0 Å². The average Bonchev–Trinajstić information content (AvgIpc) is 2.06. The third kappa shape index (κ3) is 2.81. The van der Waals surface area contributed by atoms with Crippen LogP contribution in [0.2, 0.25) is 0 Å². The van der Waals surface area contributed by atoms with Crippen LogP contribution in [-0.2, 0) is 9.68 Å². The van der Waals surface area contributed by atoms with Crippen molar-refractivity contribution >= 4 is 0 Å². The van der Waals surface area contributed by atoms with Crippen molar-refractivity contribution in [2.45, 2.75) is 13.8 Å². The molecule has 1 heterocycles. The maximum atomic E-state index is 5.32. The van der Waals surface area contributed by atoms with E-state index in [1.165, 1.54) is 0 Å². The molecular formula is C8H16N2O2. The molecule has 0 unspecified atom stereocenters. The normalized spacial score (nSPS) is 18.7. The Kier molecular flexibility index (Phi) is 4.07. The van der Waals surface area contributed by atoms with E-state index in [1.807, 2.05) is 31.2 Å². The van der Waals surface area contributed by atoms with Crippen molar-refractivity contribution in [1.29, 1.82) is 0 Å². The zero-order valence-corrected chi connectivity index (χ0v) is 7.69. The highest BCUT2D eigenvalue weighted by molar-refractivity contribution is 4.84. The van der Waals surface area contributed by atoms with Crippen LogP contribution in [0, 0.1) is 0 Å². The molecule has 0 aromatic carbocycles. The highest BCUT2D eigenvalue weighted by atomic mass is 16.7. The summed E-state index contributed by atoms with van der Waals surface area (Å²) in [5.41, 5.74) is 0. The minimum atomic E-state index is 0.679. The van der Waals surface area contributed by atoms with E-state index in [4.69, 9.17) is 9.68 Å². The van der Waals surface area contributed by atoms with Crippen molar-refractivity contribution in [3.05, 3.63) is 12.3 Å². The van der Waals surface area contributed by atoms with Crippen molar-refractivity contribution in [2.75, 3.05) is 26.4 Å². The summed E-state index contributed by atoms with van der Waals surface area (Å²) in [5, 5.41) is 3.62. The SMILES string of the molecule is CCON1C=CCN(OCC)C1. The summed E-state index contributed by atoms with van der Waals surface area (Å²) in [6.07, 6.45) is 3.94. The largest absolute Gasteiger partial charge is 0.297 e. The molecule has 4 heteroatoms. The number of rotatable bonds is 4. The van der Waals surface area contributed by atoms with Crippen molar-refractivity contribution in [1.82, 2.24) is 10.1 Å². The minimum Gasteiger partial charge on any atom is -0.297 e. The van der Waals surface area contributed by atoms with Crippen molar-refractivity contribution in [3.63, 3.8) is 0 Å². The third-order valence-corrected chi connectivity index (χ3v) is 1.48. The Balaban J connectivity index is 2.29. The van der Waals surface area contributed by atoms with Gasteiger partial charge >= 0.3 is 0 Å². The van der Waals surface area contributed by atoms with E-state index in [0.29, 0.717) is 19.9 Å². The first-order chi connectivity index (χ1) is 5.86. The van der Waals surface area contributed by atoms with Gasteiger partial charge in [0.25, 0.3) is 0 Å². The predicted molar refractivity (Wildman–Crippen MR) is 45.8 cm³/mol. The van der Waals surface area contributed by atoms with Crippen LogP contribution in [0.3, 0.4) is 0 Å². The van der Waals surface area contributed by atoms with Crippen LogP contribution in [0.5, 0.6) is 0 Å². The van der Waals surface area contributed by atoms with Crippen molar-refractivity contribution < 1.29 is 9.68 Å². The molecule has 4 nitrogen and oxygen atoms in total. The van der Waals surface area contributed by atoms with E-state index < -0.39 is 0 Å². The minimum absolute atomic E-state index is 0.679. The Morgan fingerprint density at radius 1 is 1.25 bits per heavy atom. The Morgan fingerprint density at radius 3 is 2.67 bits per heavy atom. The molecule has 0 saturated heterocycles. The van der Waals surface area contributed by atoms with Crippen LogP contribution in [-0.4, -0.2) is 36.6 Å². The Bertz CT molecular complexity index is 150. The summed E-state index contributed by atoms with van der Waals surface area (Å²) < 4.78 is 0. The summed E-state index contributed by atoms with van der Waals surface area (Å²) in [7, 11) is 0. The lowest BCUT2D eigenvalue weighted by molar-refractivity contribution is -0.236. The fraction of sp³-hybridized carbons (Fsp3) is 0.750. The average molecular weight is 172 g/mol. The maximum absolute atomic E-state index is 5.32. The van der Waals surface area contributed by atoms with Gasteiger partial charge in [0.05, 0.1) is 13.2 Å². The molecule has 0 bridgehead atoms. The highest BCUT2D eigenvalue weighted by Gasteiger charge is 2.11. The Morgan fingerprint density at radius 2 is 2.00 bits per heavy atom. The molecule has 0 radical (unpaired) electrons. The Labute approximate surface area is 73.3 Å². The molecule has 0 fully saturated rings. The first kappa shape index (κ1) is 9.51. The predicted octanol–water partition coefficient (Wildman–Crippen LogP) is 0.978. The lowest BCUT2D eigenvalue weighted by Gasteiger charge is -2.30. The fourth-order valence-electron chi connectivity index (χ4n) is 1.07. The van der Waals surface area contributed by atoms with E-state index in [9.17, 15) is 0 Å². The van der Waals surface area contributed by atoms with E-state index in [1.54, 1.807) is 5.06 Å². The molecule has 0 aromatic rings. The third-order valence-electron chi connectivity index (χ3n) is 1.48. The molecule has 0 amide bonds. The summed E-state index contributed by atoms with van der Waals surface area (Å²) in [6.45, 7) is 6.84. The molecule has 0 spiro atoms. The van der Waals surface area contributed by atoms with Gasteiger partial charge in [-0.1, -0.05) is 0 Å². The lowest BCUT2D eigenvalue weighted by atomic mass is 10.5. The molecule has 0 saturated carbocycles.